The number of hydrogen-bond donors (Lipinski definition) is 1. The quantitative estimate of drug-likeness (QED) is 0.130. The van der Waals surface area contributed by atoms with Gasteiger partial charge >= 0.3 is 0 Å². The minimum atomic E-state index is -0.493. The summed E-state index contributed by atoms with van der Waals surface area (Å²) in [6, 6.07) is 13.0. The summed E-state index contributed by atoms with van der Waals surface area (Å²) in [7, 11) is 0. The molecule has 0 unspecified atom stereocenters. The van der Waals surface area contributed by atoms with Crippen LogP contribution in [0.25, 0.3) is 0 Å². The van der Waals surface area contributed by atoms with E-state index in [-0.39, 0.29) is 23.0 Å². The number of pyridine rings is 1. The Balaban J connectivity index is 1.83. The van der Waals surface area contributed by atoms with Crippen molar-refractivity contribution in [1.29, 1.82) is 0 Å². The molecule has 35 heavy (non-hydrogen) atoms. The SMILES string of the molecule is C=CCc1cc(C=NNC(=O)c2cccnc2Cl)cc(OCC)c1OCc1cccc([N+](=O)[O-])c1. The molecule has 0 atom stereocenters. The summed E-state index contributed by atoms with van der Waals surface area (Å²) in [4.78, 5) is 26.8. The van der Waals surface area contributed by atoms with Crippen molar-refractivity contribution in [3.63, 3.8) is 0 Å². The maximum atomic E-state index is 12.3. The molecule has 9 nitrogen and oxygen atoms in total. The molecule has 3 aromatic rings. The smallest absolute Gasteiger partial charge is 0.274 e. The zero-order valence-electron chi connectivity index (χ0n) is 18.9. The van der Waals surface area contributed by atoms with Crippen molar-refractivity contribution in [3.05, 3.63) is 105 Å². The number of non-ortho nitro benzene ring substituents is 1. The first kappa shape index (κ1) is 25.4. The van der Waals surface area contributed by atoms with Crippen molar-refractivity contribution in [2.24, 2.45) is 5.10 Å². The van der Waals surface area contributed by atoms with Gasteiger partial charge in [-0.1, -0.05) is 29.8 Å². The highest BCUT2D eigenvalue weighted by molar-refractivity contribution is 6.32. The zero-order valence-corrected chi connectivity index (χ0v) is 19.7. The Bertz CT molecular complexity index is 1260. The lowest BCUT2D eigenvalue weighted by Crippen LogP contribution is -2.18. The normalized spacial score (nSPS) is 10.7. The van der Waals surface area contributed by atoms with Gasteiger partial charge < -0.3 is 9.47 Å². The van der Waals surface area contributed by atoms with Crippen LogP contribution in [0, 0.1) is 10.1 Å². The van der Waals surface area contributed by atoms with Crippen LogP contribution in [0.2, 0.25) is 5.15 Å². The van der Waals surface area contributed by atoms with Gasteiger partial charge in [0.15, 0.2) is 11.5 Å². The predicted octanol–water partition coefficient (Wildman–Crippen LogP) is 5.11. The Kier molecular flexibility index (Phi) is 8.91. The standard InChI is InChI=1S/C25H23ClN4O5/c1-3-7-19-12-18(15-28-29-25(31)21-10-6-11-27-24(21)26)14-22(34-4-2)23(19)35-16-17-8-5-9-20(13-17)30(32)33/h3,5-6,8-15H,1,4,7,16H2,2H3,(H,29,31). The highest BCUT2D eigenvalue weighted by Crippen LogP contribution is 2.34. The Morgan fingerprint density at radius 3 is 2.80 bits per heavy atom. The molecule has 0 bridgehead atoms. The number of carbonyl (C=O) groups excluding carboxylic acids is 1. The highest BCUT2D eigenvalue weighted by Gasteiger charge is 2.15. The number of amides is 1. The topological polar surface area (TPSA) is 116 Å². The molecule has 0 spiro atoms. The van der Waals surface area contributed by atoms with E-state index >= 15 is 0 Å². The molecular formula is C25H23ClN4O5. The number of hydrogen-bond acceptors (Lipinski definition) is 7. The van der Waals surface area contributed by atoms with Crippen LogP contribution in [0.5, 0.6) is 11.5 Å². The third kappa shape index (κ3) is 6.87. The van der Waals surface area contributed by atoms with E-state index in [1.165, 1.54) is 24.5 Å². The third-order valence-corrected chi connectivity index (χ3v) is 5.01. The van der Waals surface area contributed by atoms with Gasteiger partial charge in [-0.05, 0) is 48.7 Å². The number of nitro benzene ring substituents is 1. The molecule has 0 aliphatic heterocycles. The number of benzene rings is 2. The van der Waals surface area contributed by atoms with Gasteiger partial charge in [0.05, 0.1) is 23.3 Å². The van der Waals surface area contributed by atoms with E-state index < -0.39 is 10.8 Å². The van der Waals surface area contributed by atoms with Gasteiger partial charge in [0.2, 0.25) is 0 Å². The maximum Gasteiger partial charge on any atom is 0.274 e. The van der Waals surface area contributed by atoms with E-state index in [0.717, 1.165) is 5.56 Å². The van der Waals surface area contributed by atoms with E-state index in [0.29, 0.717) is 35.7 Å². The summed E-state index contributed by atoms with van der Waals surface area (Å²) in [6.45, 7) is 6.14. The summed E-state index contributed by atoms with van der Waals surface area (Å²) >= 11 is 5.94. The molecule has 0 aliphatic rings. The van der Waals surface area contributed by atoms with Crippen LogP contribution < -0.4 is 14.9 Å². The predicted molar refractivity (Wildman–Crippen MR) is 133 cm³/mol. The Morgan fingerprint density at radius 2 is 2.09 bits per heavy atom. The molecule has 0 aliphatic carbocycles. The lowest BCUT2D eigenvalue weighted by atomic mass is 10.1. The van der Waals surface area contributed by atoms with Crippen LogP contribution in [0.15, 0.2) is 72.5 Å². The van der Waals surface area contributed by atoms with Crippen molar-refractivity contribution >= 4 is 29.4 Å². The molecule has 1 N–H and O–H groups in total. The summed E-state index contributed by atoms with van der Waals surface area (Å²) in [6.07, 6.45) is 5.16. The Morgan fingerprint density at radius 1 is 1.26 bits per heavy atom. The summed E-state index contributed by atoms with van der Waals surface area (Å²) in [5.41, 5.74) is 4.70. The monoisotopic (exact) mass is 494 g/mol. The van der Waals surface area contributed by atoms with E-state index in [2.05, 4.69) is 22.1 Å². The van der Waals surface area contributed by atoms with Crippen LogP contribution >= 0.6 is 11.6 Å². The first-order valence-electron chi connectivity index (χ1n) is 10.6. The number of nitro groups is 1. The second-order valence-electron chi connectivity index (χ2n) is 7.19. The molecule has 0 radical (unpaired) electrons. The largest absolute Gasteiger partial charge is 0.490 e. The van der Waals surface area contributed by atoms with Gasteiger partial charge in [-0.15, -0.1) is 6.58 Å². The van der Waals surface area contributed by atoms with Crippen LogP contribution in [0.1, 0.15) is 34.0 Å². The lowest BCUT2D eigenvalue weighted by molar-refractivity contribution is -0.384. The molecule has 180 valence electrons. The number of nitrogens with zero attached hydrogens (tertiary/aromatic N) is 3. The Labute approximate surface area is 207 Å². The number of hydrazone groups is 1. The van der Waals surface area contributed by atoms with Crippen LogP contribution in [-0.2, 0) is 13.0 Å². The molecule has 10 heteroatoms. The van der Waals surface area contributed by atoms with E-state index in [4.69, 9.17) is 21.1 Å². The molecule has 0 saturated carbocycles. The summed E-state index contributed by atoms with van der Waals surface area (Å²) in [5, 5.41) is 15.1. The van der Waals surface area contributed by atoms with Gasteiger partial charge in [-0.25, -0.2) is 10.4 Å². The highest BCUT2D eigenvalue weighted by atomic mass is 35.5. The third-order valence-electron chi connectivity index (χ3n) is 4.71. The first-order chi connectivity index (χ1) is 16.9. The average Bonchev–Trinajstić information content (AvgIpc) is 2.84. The van der Waals surface area contributed by atoms with Gasteiger partial charge in [0.25, 0.3) is 11.6 Å². The molecule has 0 fully saturated rings. The van der Waals surface area contributed by atoms with Crippen LogP contribution in [0.4, 0.5) is 5.69 Å². The van der Waals surface area contributed by atoms with E-state index in [1.807, 2.05) is 13.0 Å². The van der Waals surface area contributed by atoms with Gasteiger partial charge in [0.1, 0.15) is 11.8 Å². The molecule has 1 aromatic heterocycles. The molecular weight excluding hydrogens is 472 g/mol. The number of nitrogens with one attached hydrogen (secondary N) is 1. The molecule has 2 aromatic carbocycles. The number of ether oxygens (including phenoxy) is 2. The number of rotatable bonds is 11. The van der Waals surface area contributed by atoms with Crippen molar-refractivity contribution in [2.75, 3.05) is 6.61 Å². The fourth-order valence-electron chi connectivity index (χ4n) is 3.19. The number of aromatic nitrogens is 1. The summed E-state index contributed by atoms with van der Waals surface area (Å²) < 4.78 is 11.8. The fourth-order valence-corrected chi connectivity index (χ4v) is 3.39. The zero-order chi connectivity index (χ0) is 25.2. The minimum absolute atomic E-state index is 0.0105. The number of carbonyl (C=O) groups is 1. The van der Waals surface area contributed by atoms with Gasteiger partial charge in [0, 0.05) is 23.9 Å². The maximum absolute atomic E-state index is 12.3. The molecule has 0 saturated heterocycles. The first-order valence-corrected chi connectivity index (χ1v) is 11.0. The molecule has 3 rings (SSSR count). The van der Waals surface area contributed by atoms with Gasteiger partial charge in [-0.2, -0.15) is 5.10 Å². The van der Waals surface area contributed by atoms with Crippen LogP contribution in [-0.4, -0.2) is 28.6 Å². The van der Waals surface area contributed by atoms with Crippen molar-refractivity contribution in [3.8, 4) is 11.5 Å². The number of halogens is 1. The van der Waals surface area contributed by atoms with Crippen molar-refractivity contribution in [2.45, 2.75) is 20.0 Å². The number of allylic oxidation sites excluding steroid dienone is 1. The van der Waals surface area contributed by atoms with Crippen molar-refractivity contribution < 1.29 is 19.2 Å². The van der Waals surface area contributed by atoms with E-state index in [9.17, 15) is 14.9 Å². The molecule has 1 heterocycles. The fraction of sp³-hybridized carbons (Fsp3) is 0.160. The average molecular weight is 495 g/mol. The Hall–Kier alpha value is -4.24. The second-order valence-corrected chi connectivity index (χ2v) is 7.55. The minimum Gasteiger partial charge on any atom is -0.490 e. The van der Waals surface area contributed by atoms with Crippen molar-refractivity contribution in [1.82, 2.24) is 10.4 Å². The lowest BCUT2D eigenvalue weighted by Gasteiger charge is -2.16. The van der Waals surface area contributed by atoms with Crippen LogP contribution in [0.3, 0.4) is 0 Å². The van der Waals surface area contributed by atoms with E-state index in [1.54, 1.807) is 36.4 Å². The second kappa shape index (κ2) is 12.3. The van der Waals surface area contributed by atoms with Gasteiger partial charge in [-0.3, -0.25) is 14.9 Å². The summed E-state index contributed by atoms with van der Waals surface area (Å²) in [5.74, 6) is 0.481. The molecule has 1 amide bonds.